The normalized spacial score (nSPS) is 17.5. The zero-order valence-corrected chi connectivity index (χ0v) is 19.3. The van der Waals surface area contributed by atoms with Gasteiger partial charge in [-0.15, -0.1) is 5.10 Å². The van der Waals surface area contributed by atoms with Gasteiger partial charge in [-0.05, 0) is 43.7 Å². The van der Waals surface area contributed by atoms with Crippen molar-refractivity contribution in [2.24, 2.45) is 10.1 Å². The number of hydrogen-bond donors (Lipinski definition) is 1. The van der Waals surface area contributed by atoms with Crippen molar-refractivity contribution in [3.63, 3.8) is 0 Å². The summed E-state index contributed by atoms with van der Waals surface area (Å²) in [6.07, 6.45) is 1.72. The van der Waals surface area contributed by atoms with Crippen LogP contribution in [0.25, 0.3) is 5.70 Å². The van der Waals surface area contributed by atoms with Crippen LogP contribution in [0.3, 0.4) is 0 Å². The summed E-state index contributed by atoms with van der Waals surface area (Å²) in [5.74, 6) is 1.52. The summed E-state index contributed by atoms with van der Waals surface area (Å²) in [6.45, 7) is 4.69. The molecule has 30 heavy (non-hydrogen) atoms. The average molecular weight is 487 g/mol. The number of amidine groups is 1. The van der Waals surface area contributed by atoms with E-state index in [9.17, 15) is 4.79 Å². The Bertz CT molecular complexity index is 1120. The monoisotopic (exact) mass is 486 g/mol. The van der Waals surface area contributed by atoms with Crippen molar-refractivity contribution in [3.05, 3.63) is 63.1 Å². The summed E-state index contributed by atoms with van der Waals surface area (Å²) in [6, 6.07) is 13.6. The van der Waals surface area contributed by atoms with Crippen LogP contribution in [0.15, 0.2) is 57.0 Å². The van der Waals surface area contributed by atoms with Crippen molar-refractivity contribution < 1.29 is 9.53 Å². The van der Waals surface area contributed by atoms with Crippen LogP contribution >= 0.6 is 27.7 Å². The van der Waals surface area contributed by atoms with Crippen molar-refractivity contribution in [2.75, 3.05) is 12.4 Å². The smallest absolute Gasteiger partial charge is 0.276 e. The number of hydrazone groups is 1. The van der Waals surface area contributed by atoms with Crippen LogP contribution < -0.4 is 20.6 Å². The molecule has 0 fully saturated rings. The number of halogens is 1. The zero-order valence-electron chi connectivity index (χ0n) is 16.9. The molecule has 0 aromatic heterocycles. The van der Waals surface area contributed by atoms with Crippen LogP contribution in [0.1, 0.15) is 38.4 Å². The number of thioether (sulfide) groups is 1. The SMILES string of the molecule is CCCCSC1=NN2C(=c3cc(Br)ccc3=NC2c2cccc(OCC)c2)C(=O)N1. The molecule has 156 valence electrons. The fourth-order valence-corrected chi connectivity index (χ4v) is 4.68. The quantitative estimate of drug-likeness (QED) is 0.634. The highest BCUT2D eigenvalue weighted by molar-refractivity contribution is 9.10. The Hall–Kier alpha value is -2.32. The number of fused-ring (bicyclic) bond motifs is 2. The molecule has 2 aromatic carbocycles. The Morgan fingerprint density at radius 3 is 2.90 bits per heavy atom. The van der Waals surface area contributed by atoms with Crippen LogP contribution in [0.2, 0.25) is 0 Å². The van der Waals surface area contributed by atoms with E-state index in [0.717, 1.165) is 45.0 Å². The maximum atomic E-state index is 13.1. The second-order valence-electron chi connectivity index (χ2n) is 6.92. The van der Waals surface area contributed by atoms with Gasteiger partial charge < -0.3 is 4.74 Å². The summed E-state index contributed by atoms with van der Waals surface area (Å²) < 4.78 is 6.56. The highest BCUT2D eigenvalue weighted by Crippen LogP contribution is 2.32. The number of nitrogens with one attached hydrogen (secondary N) is 1. The Kier molecular flexibility index (Phi) is 6.43. The van der Waals surface area contributed by atoms with Gasteiger partial charge >= 0.3 is 0 Å². The predicted octanol–water partition coefficient (Wildman–Crippen LogP) is 3.52. The topological polar surface area (TPSA) is 66.3 Å². The Morgan fingerprint density at radius 2 is 2.10 bits per heavy atom. The molecule has 2 aromatic rings. The van der Waals surface area contributed by atoms with E-state index in [1.165, 1.54) is 0 Å². The maximum absolute atomic E-state index is 13.1. The highest BCUT2D eigenvalue weighted by Gasteiger charge is 2.34. The first-order chi connectivity index (χ1) is 14.6. The fourth-order valence-electron chi connectivity index (χ4n) is 3.38. The zero-order chi connectivity index (χ0) is 21.1. The van der Waals surface area contributed by atoms with Gasteiger partial charge in [0, 0.05) is 21.0 Å². The van der Waals surface area contributed by atoms with Gasteiger partial charge in [0.05, 0.1) is 12.0 Å². The van der Waals surface area contributed by atoms with Crippen LogP contribution in [0.4, 0.5) is 0 Å². The van der Waals surface area contributed by atoms with E-state index >= 15 is 0 Å². The number of carbonyl (C=O) groups excluding carboxylic acids is 1. The van der Waals surface area contributed by atoms with E-state index in [-0.39, 0.29) is 5.91 Å². The van der Waals surface area contributed by atoms with Crippen molar-refractivity contribution in [2.45, 2.75) is 32.9 Å². The molecule has 2 heterocycles. The van der Waals surface area contributed by atoms with Crippen LogP contribution in [0.5, 0.6) is 5.75 Å². The second kappa shape index (κ2) is 9.22. The third kappa shape index (κ3) is 4.25. The Morgan fingerprint density at radius 1 is 1.23 bits per heavy atom. The molecule has 6 nitrogen and oxygen atoms in total. The second-order valence-corrected chi connectivity index (χ2v) is 8.92. The largest absolute Gasteiger partial charge is 0.494 e. The average Bonchev–Trinajstić information content (AvgIpc) is 2.73. The van der Waals surface area contributed by atoms with Gasteiger partial charge in [0.1, 0.15) is 11.4 Å². The molecule has 0 aliphatic carbocycles. The minimum Gasteiger partial charge on any atom is -0.494 e. The van der Waals surface area contributed by atoms with E-state index < -0.39 is 6.17 Å². The molecule has 4 rings (SSSR count). The number of nitrogens with zero attached hydrogens (tertiary/aromatic N) is 3. The number of unbranched alkanes of at least 4 members (excludes halogenated alkanes) is 1. The number of benzene rings is 2. The van der Waals surface area contributed by atoms with Gasteiger partial charge in [-0.2, -0.15) is 0 Å². The number of amides is 1. The molecule has 0 radical (unpaired) electrons. The summed E-state index contributed by atoms with van der Waals surface area (Å²) in [4.78, 5) is 18.1. The van der Waals surface area contributed by atoms with Crippen molar-refractivity contribution in [3.8, 4) is 5.75 Å². The summed E-state index contributed by atoms with van der Waals surface area (Å²) in [7, 11) is 0. The van der Waals surface area contributed by atoms with E-state index in [2.05, 4.69) is 28.2 Å². The van der Waals surface area contributed by atoms with Crippen LogP contribution in [-0.4, -0.2) is 28.4 Å². The lowest BCUT2D eigenvalue weighted by molar-refractivity contribution is -0.116. The van der Waals surface area contributed by atoms with Crippen LogP contribution in [0, 0.1) is 0 Å². The molecule has 1 N–H and O–H groups in total. The van der Waals surface area contributed by atoms with Crippen molar-refractivity contribution >= 4 is 44.5 Å². The molecule has 0 saturated heterocycles. The molecule has 2 aliphatic heterocycles. The lowest BCUT2D eigenvalue weighted by Crippen LogP contribution is -2.50. The van der Waals surface area contributed by atoms with Gasteiger partial charge in [-0.3, -0.25) is 15.1 Å². The third-order valence-electron chi connectivity index (χ3n) is 4.77. The summed E-state index contributed by atoms with van der Waals surface area (Å²) in [5.41, 5.74) is 1.43. The number of hydrogen-bond acceptors (Lipinski definition) is 6. The van der Waals surface area contributed by atoms with E-state index in [4.69, 9.17) is 14.8 Å². The van der Waals surface area contributed by atoms with Gasteiger partial charge in [0.25, 0.3) is 5.91 Å². The number of carbonyl (C=O) groups is 1. The van der Waals surface area contributed by atoms with Gasteiger partial charge in [0.2, 0.25) is 0 Å². The third-order valence-corrected chi connectivity index (χ3v) is 6.22. The van der Waals surface area contributed by atoms with Crippen molar-refractivity contribution in [1.29, 1.82) is 0 Å². The summed E-state index contributed by atoms with van der Waals surface area (Å²) >= 11 is 5.07. The van der Waals surface area contributed by atoms with E-state index in [1.807, 2.05) is 49.4 Å². The molecule has 0 bridgehead atoms. The number of rotatable bonds is 6. The molecule has 0 spiro atoms. The Labute approximate surface area is 188 Å². The lowest BCUT2D eigenvalue weighted by atomic mass is 10.1. The lowest BCUT2D eigenvalue weighted by Gasteiger charge is -2.34. The minimum absolute atomic E-state index is 0.163. The molecule has 2 aliphatic rings. The minimum atomic E-state index is -0.443. The highest BCUT2D eigenvalue weighted by atomic mass is 79.9. The van der Waals surface area contributed by atoms with Crippen molar-refractivity contribution in [1.82, 2.24) is 10.3 Å². The molecule has 8 heteroatoms. The summed E-state index contributed by atoms with van der Waals surface area (Å²) in [5, 5.41) is 11.6. The standard InChI is InChI=1S/C22H23BrN4O2S/c1-3-5-11-30-22-25-21(28)19-17-13-15(23)9-10-18(17)24-20(27(19)26-22)14-7-6-8-16(12-14)29-4-2/h6-10,12-13,20H,3-5,11H2,1-2H3,(H,25,26,28). The number of ether oxygens (including phenoxy) is 1. The van der Waals surface area contributed by atoms with Gasteiger partial charge in [-0.25, -0.2) is 5.01 Å². The fraction of sp³-hybridized carbons (Fsp3) is 0.318. The maximum Gasteiger partial charge on any atom is 0.276 e. The predicted molar refractivity (Wildman–Crippen MR) is 123 cm³/mol. The van der Waals surface area contributed by atoms with E-state index in [1.54, 1.807) is 16.8 Å². The molecular formula is C22H23BrN4O2S. The molecule has 1 atom stereocenters. The first-order valence-corrected chi connectivity index (χ1v) is 11.8. The molecule has 0 saturated carbocycles. The first kappa shape index (κ1) is 20.9. The first-order valence-electron chi connectivity index (χ1n) is 10.0. The van der Waals surface area contributed by atoms with E-state index in [0.29, 0.717) is 17.5 Å². The molecular weight excluding hydrogens is 464 g/mol. The molecule has 1 unspecified atom stereocenters. The van der Waals surface area contributed by atoms with Crippen LogP contribution in [-0.2, 0) is 4.79 Å². The van der Waals surface area contributed by atoms with Gasteiger partial charge in [-0.1, -0.05) is 53.2 Å². The van der Waals surface area contributed by atoms with Gasteiger partial charge in [0.15, 0.2) is 11.3 Å². The Balaban J connectivity index is 1.84. The molecule has 1 amide bonds.